The van der Waals surface area contributed by atoms with Crippen LogP contribution in [0.5, 0.6) is 0 Å². The van der Waals surface area contributed by atoms with Crippen LogP contribution in [0.1, 0.15) is 59.3 Å². The van der Waals surface area contributed by atoms with Crippen LogP contribution in [-0.4, -0.2) is 0 Å². The molecule has 0 amide bonds. The lowest BCUT2D eigenvalue weighted by atomic mass is 10.1. The third kappa shape index (κ3) is 9.74. The molecule has 71 valence electrons. The normalized spacial score (nSPS) is 11.7. The van der Waals surface area contributed by atoms with E-state index in [0.29, 0.717) is 0 Å². The molecule has 1 radical (unpaired) electrons. The summed E-state index contributed by atoms with van der Waals surface area (Å²) in [5.74, 6) is 1.54. The molecule has 0 spiro atoms. The van der Waals surface area contributed by atoms with Crippen molar-refractivity contribution in [2.75, 3.05) is 0 Å². The molecule has 0 saturated carbocycles. The first-order valence-corrected chi connectivity index (χ1v) is 5.21. The van der Waals surface area contributed by atoms with Gasteiger partial charge >= 0.3 is 0 Å². The van der Waals surface area contributed by atoms with E-state index in [-0.39, 0.29) is 0 Å². The lowest BCUT2D eigenvalue weighted by Crippen LogP contribution is -1.80. The second kappa shape index (κ2) is 8.83. The van der Waals surface area contributed by atoms with Gasteiger partial charge in [0, 0.05) is 0 Å². The highest BCUT2D eigenvalue weighted by Gasteiger charge is 1.89. The Bertz CT molecular complexity index is 101. The standard InChI is InChI=1S/C12H23/c1-4-5-6-7-8-9-10-11-12(2)3/h8-9H,4-7,10-11H2,1-3H3/b9-8+. The molecule has 0 N–H and O–H groups in total. The highest BCUT2D eigenvalue weighted by molar-refractivity contribution is 4.86. The van der Waals surface area contributed by atoms with Crippen molar-refractivity contribution in [2.24, 2.45) is 0 Å². The van der Waals surface area contributed by atoms with Crippen molar-refractivity contribution in [3.8, 4) is 0 Å². The zero-order chi connectivity index (χ0) is 9.23. The van der Waals surface area contributed by atoms with Crippen LogP contribution < -0.4 is 0 Å². The van der Waals surface area contributed by atoms with E-state index in [1.165, 1.54) is 44.4 Å². The highest BCUT2D eigenvalue weighted by Crippen LogP contribution is 2.07. The molecule has 0 bridgehead atoms. The third-order valence-corrected chi connectivity index (χ3v) is 1.95. The van der Waals surface area contributed by atoms with Crippen LogP contribution in [0.3, 0.4) is 0 Å². The summed E-state index contributed by atoms with van der Waals surface area (Å²) in [7, 11) is 0. The highest BCUT2D eigenvalue weighted by atomic mass is 13.9. The molecule has 0 atom stereocenters. The molecule has 0 aliphatic carbocycles. The molecule has 0 heteroatoms. The third-order valence-electron chi connectivity index (χ3n) is 1.95. The summed E-state index contributed by atoms with van der Waals surface area (Å²) >= 11 is 0. The molecule has 0 saturated heterocycles. The maximum absolute atomic E-state index is 2.33. The maximum Gasteiger partial charge on any atom is -0.0300 e. The van der Waals surface area contributed by atoms with Crippen molar-refractivity contribution in [3.05, 3.63) is 18.1 Å². The van der Waals surface area contributed by atoms with Gasteiger partial charge in [0.15, 0.2) is 0 Å². The summed E-state index contributed by atoms with van der Waals surface area (Å²) in [5.41, 5.74) is 0. The fourth-order valence-corrected chi connectivity index (χ4v) is 1.12. The predicted octanol–water partition coefficient (Wildman–Crippen LogP) is 4.52. The van der Waals surface area contributed by atoms with E-state index in [1.54, 1.807) is 0 Å². The van der Waals surface area contributed by atoms with Crippen molar-refractivity contribution in [2.45, 2.75) is 59.3 Å². The lowest BCUT2D eigenvalue weighted by Gasteiger charge is -1.98. The van der Waals surface area contributed by atoms with Gasteiger partial charge in [-0.15, -0.1) is 0 Å². The number of unbranched alkanes of at least 4 members (excludes halogenated alkanes) is 3. The van der Waals surface area contributed by atoms with E-state index >= 15 is 0 Å². The number of hydrogen-bond acceptors (Lipinski definition) is 0. The van der Waals surface area contributed by atoms with Crippen molar-refractivity contribution in [1.29, 1.82) is 0 Å². The largest absolute Gasteiger partial charge is 0.0885 e. The van der Waals surface area contributed by atoms with Gasteiger partial charge in [-0.1, -0.05) is 45.8 Å². The average Bonchev–Trinajstić information content (AvgIpc) is 2.02. The fraction of sp³-hybridized carbons (Fsp3) is 0.750. The van der Waals surface area contributed by atoms with Gasteiger partial charge in [0.2, 0.25) is 0 Å². The van der Waals surface area contributed by atoms with Gasteiger partial charge in [0.05, 0.1) is 0 Å². The molecule has 0 heterocycles. The van der Waals surface area contributed by atoms with Crippen LogP contribution in [0.4, 0.5) is 0 Å². The first kappa shape index (κ1) is 11.7. The minimum atomic E-state index is 1.23. The van der Waals surface area contributed by atoms with Crippen molar-refractivity contribution in [1.82, 2.24) is 0 Å². The topological polar surface area (TPSA) is 0 Å². The van der Waals surface area contributed by atoms with Gasteiger partial charge < -0.3 is 0 Å². The maximum atomic E-state index is 2.33. The summed E-state index contributed by atoms with van der Waals surface area (Å²) in [6.07, 6.45) is 12.5. The first-order chi connectivity index (χ1) is 5.77. The van der Waals surface area contributed by atoms with Gasteiger partial charge in [0.1, 0.15) is 0 Å². The summed E-state index contributed by atoms with van der Waals surface area (Å²) in [6, 6.07) is 0. The Kier molecular flexibility index (Phi) is 8.64. The van der Waals surface area contributed by atoms with E-state index in [2.05, 4.69) is 32.9 Å². The van der Waals surface area contributed by atoms with Crippen LogP contribution in [0.2, 0.25) is 0 Å². The zero-order valence-corrected chi connectivity index (χ0v) is 8.90. The van der Waals surface area contributed by atoms with Gasteiger partial charge in [-0.3, -0.25) is 0 Å². The van der Waals surface area contributed by atoms with Crippen LogP contribution in [-0.2, 0) is 0 Å². The lowest BCUT2D eigenvalue weighted by molar-refractivity contribution is 0.727. The summed E-state index contributed by atoms with van der Waals surface area (Å²) in [5, 5.41) is 0. The molecule has 0 aromatic carbocycles. The van der Waals surface area contributed by atoms with Crippen molar-refractivity contribution >= 4 is 0 Å². The predicted molar refractivity (Wildman–Crippen MR) is 57.1 cm³/mol. The fourth-order valence-electron chi connectivity index (χ4n) is 1.12. The second-order valence-electron chi connectivity index (χ2n) is 3.71. The van der Waals surface area contributed by atoms with Crippen molar-refractivity contribution < 1.29 is 0 Å². The zero-order valence-electron chi connectivity index (χ0n) is 8.90. The molecule has 0 unspecified atom stereocenters. The molecule has 0 nitrogen and oxygen atoms in total. The van der Waals surface area contributed by atoms with Crippen LogP contribution in [0.25, 0.3) is 0 Å². The minimum absolute atomic E-state index is 1.23. The van der Waals surface area contributed by atoms with Gasteiger partial charge in [-0.2, -0.15) is 0 Å². The Morgan fingerprint density at radius 2 is 1.67 bits per heavy atom. The molecular weight excluding hydrogens is 144 g/mol. The van der Waals surface area contributed by atoms with Gasteiger partial charge in [0.25, 0.3) is 0 Å². The van der Waals surface area contributed by atoms with E-state index in [0.717, 1.165) is 0 Å². The SMILES string of the molecule is CCCCC/C=C/CC[C](C)C. The quantitative estimate of drug-likeness (QED) is 0.386. The summed E-state index contributed by atoms with van der Waals surface area (Å²) in [4.78, 5) is 0. The van der Waals surface area contributed by atoms with E-state index in [4.69, 9.17) is 0 Å². The molecule has 0 rings (SSSR count). The molecule has 0 fully saturated rings. The van der Waals surface area contributed by atoms with Gasteiger partial charge in [-0.25, -0.2) is 0 Å². The number of rotatable bonds is 7. The van der Waals surface area contributed by atoms with Gasteiger partial charge in [-0.05, 0) is 31.6 Å². The van der Waals surface area contributed by atoms with E-state index in [9.17, 15) is 0 Å². The van der Waals surface area contributed by atoms with Crippen LogP contribution >= 0.6 is 0 Å². The molecule has 0 aliphatic heterocycles. The summed E-state index contributed by atoms with van der Waals surface area (Å²) in [6.45, 7) is 6.65. The van der Waals surface area contributed by atoms with E-state index < -0.39 is 0 Å². The Morgan fingerprint density at radius 3 is 2.25 bits per heavy atom. The van der Waals surface area contributed by atoms with Crippen LogP contribution in [0.15, 0.2) is 12.2 Å². The Hall–Kier alpha value is -0.260. The Labute approximate surface area is 78.1 Å². The number of allylic oxidation sites excluding steroid dienone is 2. The molecule has 0 aromatic heterocycles. The molecule has 12 heavy (non-hydrogen) atoms. The monoisotopic (exact) mass is 167 g/mol. The Morgan fingerprint density at radius 1 is 1.00 bits per heavy atom. The minimum Gasteiger partial charge on any atom is -0.0885 e. The smallest absolute Gasteiger partial charge is 0.0300 e. The summed E-state index contributed by atoms with van der Waals surface area (Å²) < 4.78 is 0. The first-order valence-electron chi connectivity index (χ1n) is 5.21. The average molecular weight is 167 g/mol. The van der Waals surface area contributed by atoms with E-state index in [1.807, 2.05) is 0 Å². The number of hydrogen-bond donors (Lipinski definition) is 0. The Balaban J connectivity index is 3.04. The molecule has 0 aliphatic rings. The second-order valence-corrected chi connectivity index (χ2v) is 3.71. The van der Waals surface area contributed by atoms with Crippen molar-refractivity contribution in [3.63, 3.8) is 0 Å². The molecule has 0 aromatic rings. The molecular formula is C12H23. The van der Waals surface area contributed by atoms with Crippen LogP contribution in [0, 0.1) is 5.92 Å².